The van der Waals surface area contributed by atoms with Crippen LogP contribution >= 0.6 is 0 Å². The van der Waals surface area contributed by atoms with Crippen molar-refractivity contribution < 1.29 is 9.47 Å². The maximum atomic E-state index is 5.56. The van der Waals surface area contributed by atoms with E-state index in [4.69, 9.17) is 9.47 Å². The molecule has 0 amide bonds. The molecule has 3 heteroatoms. The molecule has 28 heavy (non-hydrogen) atoms. The summed E-state index contributed by atoms with van der Waals surface area (Å²) in [5.41, 5.74) is 5.16. The van der Waals surface area contributed by atoms with E-state index in [1.807, 2.05) is 67.6 Å². The number of aryl methyl sites for hydroxylation is 1. The molecule has 0 unspecified atom stereocenters. The van der Waals surface area contributed by atoms with Crippen LogP contribution in [0.15, 0.2) is 77.8 Å². The lowest BCUT2D eigenvalue weighted by atomic mass is 9.99. The SMILES string of the molecule is CCOc1ccc(C(=C=Nc2ccc(CC)cc2)c2ccc(OC)cc2)cc1. The number of benzene rings is 3. The third-order valence-corrected chi connectivity index (χ3v) is 4.47. The Morgan fingerprint density at radius 1 is 0.786 bits per heavy atom. The maximum Gasteiger partial charge on any atom is 0.119 e. The van der Waals surface area contributed by atoms with E-state index in [9.17, 15) is 0 Å². The van der Waals surface area contributed by atoms with Gasteiger partial charge in [0.25, 0.3) is 0 Å². The Labute approximate surface area is 167 Å². The van der Waals surface area contributed by atoms with Gasteiger partial charge in [0, 0.05) is 0 Å². The van der Waals surface area contributed by atoms with Crippen LogP contribution in [-0.4, -0.2) is 19.6 Å². The van der Waals surface area contributed by atoms with Gasteiger partial charge in [0.15, 0.2) is 0 Å². The molecule has 0 aromatic heterocycles. The number of aliphatic imine (C=N–C) groups is 1. The zero-order chi connectivity index (χ0) is 19.8. The Morgan fingerprint density at radius 2 is 1.36 bits per heavy atom. The van der Waals surface area contributed by atoms with Crippen LogP contribution < -0.4 is 9.47 Å². The highest BCUT2D eigenvalue weighted by Crippen LogP contribution is 2.25. The maximum absolute atomic E-state index is 5.56. The molecular weight excluding hydrogens is 346 g/mol. The number of hydrogen-bond acceptors (Lipinski definition) is 3. The van der Waals surface area contributed by atoms with Gasteiger partial charge in [-0.2, -0.15) is 0 Å². The van der Waals surface area contributed by atoms with Gasteiger partial charge in [0.2, 0.25) is 0 Å². The lowest BCUT2D eigenvalue weighted by molar-refractivity contribution is 0.340. The van der Waals surface area contributed by atoms with Crippen LogP contribution in [-0.2, 0) is 6.42 Å². The third kappa shape index (κ3) is 4.91. The van der Waals surface area contributed by atoms with Crippen LogP contribution in [0.5, 0.6) is 11.5 Å². The second kappa shape index (κ2) is 9.59. The van der Waals surface area contributed by atoms with Crippen molar-refractivity contribution in [3.05, 3.63) is 89.5 Å². The highest BCUT2D eigenvalue weighted by Gasteiger charge is 2.06. The predicted molar refractivity (Wildman–Crippen MR) is 116 cm³/mol. The molecular formula is C25H25NO2. The summed E-state index contributed by atoms with van der Waals surface area (Å²) in [5.74, 6) is 4.93. The molecule has 3 aromatic rings. The second-order valence-electron chi connectivity index (χ2n) is 6.30. The largest absolute Gasteiger partial charge is 0.497 e. The highest BCUT2D eigenvalue weighted by atomic mass is 16.5. The molecule has 0 spiro atoms. The molecule has 0 bridgehead atoms. The average molecular weight is 371 g/mol. The van der Waals surface area contributed by atoms with E-state index >= 15 is 0 Å². The first-order valence-corrected chi connectivity index (χ1v) is 9.53. The van der Waals surface area contributed by atoms with Gasteiger partial charge in [-0.15, -0.1) is 0 Å². The fraction of sp³-hybridized carbons (Fsp3) is 0.200. The van der Waals surface area contributed by atoms with Gasteiger partial charge in [0.05, 0.1) is 25.0 Å². The van der Waals surface area contributed by atoms with Crippen molar-refractivity contribution in [2.45, 2.75) is 20.3 Å². The van der Waals surface area contributed by atoms with Crippen LogP contribution in [0.3, 0.4) is 0 Å². The molecule has 0 atom stereocenters. The van der Waals surface area contributed by atoms with Crippen molar-refractivity contribution in [2.75, 3.05) is 13.7 Å². The first-order valence-electron chi connectivity index (χ1n) is 9.53. The summed E-state index contributed by atoms with van der Waals surface area (Å²) in [6, 6.07) is 24.2. The molecule has 3 nitrogen and oxygen atoms in total. The number of ether oxygens (including phenoxy) is 2. The zero-order valence-electron chi connectivity index (χ0n) is 16.6. The predicted octanol–water partition coefficient (Wildman–Crippen LogP) is 6.09. The van der Waals surface area contributed by atoms with Crippen molar-refractivity contribution >= 4 is 17.1 Å². The molecule has 0 aliphatic rings. The molecule has 0 radical (unpaired) electrons. The highest BCUT2D eigenvalue weighted by molar-refractivity contribution is 5.99. The minimum Gasteiger partial charge on any atom is -0.497 e. The molecule has 0 heterocycles. The molecule has 0 saturated carbocycles. The Bertz CT molecular complexity index is 949. The average Bonchev–Trinajstić information content (AvgIpc) is 2.76. The zero-order valence-corrected chi connectivity index (χ0v) is 16.6. The van der Waals surface area contributed by atoms with Crippen LogP contribution in [0.25, 0.3) is 5.57 Å². The van der Waals surface area contributed by atoms with Crippen molar-refractivity contribution in [2.24, 2.45) is 4.99 Å². The van der Waals surface area contributed by atoms with E-state index in [2.05, 4.69) is 29.9 Å². The molecule has 142 valence electrons. The monoisotopic (exact) mass is 371 g/mol. The van der Waals surface area contributed by atoms with E-state index in [1.165, 1.54) is 5.56 Å². The van der Waals surface area contributed by atoms with Gasteiger partial charge >= 0.3 is 0 Å². The summed E-state index contributed by atoms with van der Waals surface area (Å²) in [6.07, 6.45) is 1.02. The summed E-state index contributed by atoms with van der Waals surface area (Å²) in [4.78, 5) is 4.59. The Balaban J connectivity index is 2.02. The normalized spacial score (nSPS) is 10.1. The summed E-state index contributed by atoms with van der Waals surface area (Å²) < 4.78 is 10.8. The van der Waals surface area contributed by atoms with Crippen molar-refractivity contribution in [3.63, 3.8) is 0 Å². The van der Waals surface area contributed by atoms with E-state index in [0.29, 0.717) is 6.61 Å². The van der Waals surface area contributed by atoms with Gasteiger partial charge in [-0.25, -0.2) is 4.99 Å². The molecule has 0 saturated heterocycles. The number of methoxy groups -OCH3 is 1. The number of nitrogens with zero attached hydrogens (tertiary/aromatic N) is 1. The second-order valence-corrected chi connectivity index (χ2v) is 6.30. The van der Waals surface area contributed by atoms with Crippen molar-refractivity contribution in [1.82, 2.24) is 0 Å². The van der Waals surface area contributed by atoms with Crippen LogP contribution in [0, 0.1) is 0 Å². The Hall–Kier alpha value is -3.29. The van der Waals surface area contributed by atoms with Crippen LogP contribution in [0.1, 0.15) is 30.5 Å². The lowest BCUT2D eigenvalue weighted by Gasteiger charge is -2.08. The van der Waals surface area contributed by atoms with Crippen molar-refractivity contribution in [1.29, 1.82) is 0 Å². The third-order valence-electron chi connectivity index (χ3n) is 4.47. The molecule has 0 aliphatic carbocycles. The van der Waals surface area contributed by atoms with Crippen LogP contribution in [0.2, 0.25) is 0 Å². The fourth-order valence-electron chi connectivity index (χ4n) is 2.86. The summed E-state index contributed by atoms with van der Waals surface area (Å²) in [5, 5.41) is 0. The van der Waals surface area contributed by atoms with Gasteiger partial charge < -0.3 is 9.47 Å². The van der Waals surface area contributed by atoms with E-state index < -0.39 is 0 Å². The molecule has 0 fully saturated rings. The summed E-state index contributed by atoms with van der Waals surface area (Å²) in [6.45, 7) is 4.77. The first kappa shape index (κ1) is 19.5. The molecule has 0 N–H and O–H groups in total. The Kier molecular flexibility index (Phi) is 6.67. The Morgan fingerprint density at radius 3 is 1.86 bits per heavy atom. The molecule has 3 aromatic carbocycles. The molecule has 0 aliphatic heterocycles. The van der Waals surface area contributed by atoms with E-state index in [1.54, 1.807) is 7.11 Å². The van der Waals surface area contributed by atoms with Gasteiger partial charge in [0.1, 0.15) is 11.5 Å². The minimum absolute atomic E-state index is 0.649. The smallest absolute Gasteiger partial charge is 0.119 e. The standard InChI is InChI=1S/C25H25NO2/c1-4-19-6-12-22(13-7-19)26-18-25(20-8-14-23(27-3)15-9-20)21-10-16-24(17-11-21)28-5-2/h6-17H,4-5H2,1-3H3. The van der Waals surface area contributed by atoms with E-state index in [-0.39, 0.29) is 0 Å². The lowest BCUT2D eigenvalue weighted by Crippen LogP contribution is -1.93. The quantitative estimate of drug-likeness (QED) is 0.471. The minimum atomic E-state index is 0.649. The number of rotatable bonds is 7. The van der Waals surface area contributed by atoms with Crippen LogP contribution in [0.4, 0.5) is 5.69 Å². The summed E-state index contributed by atoms with van der Waals surface area (Å²) >= 11 is 0. The van der Waals surface area contributed by atoms with Gasteiger partial charge in [-0.3, -0.25) is 0 Å². The van der Waals surface area contributed by atoms with E-state index in [0.717, 1.165) is 40.3 Å². The summed E-state index contributed by atoms with van der Waals surface area (Å²) in [7, 11) is 1.67. The number of hydrogen-bond donors (Lipinski definition) is 0. The first-order chi connectivity index (χ1) is 13.7. The van der Waals surface area contributed by atoms with Crippen molar-refractivity contribution in [3.8, 4) is 11.5 Å². The van der Waals surface area contributed by atoms with Gasteiger partial charge in [-0.05, 0) is 96.6 Å². The van der Waals surface area contributed by atoms with Gasteiger partial charge in [-0.1, -0.05) is 19.1 Å². The fourth-order valence-corrected chi connectivity index (χ4v) is 2.86. The topological polar surface area (TPSA) is 30.8 Å². The molecule has 3 rings (SSSR count).